The van der Waals surface area contributed by atoms with Gasteiger partial charge in [0.1, 0.15) is 54.1 Å². The molecule has 1 saturated heterocycles. The zero-order valence-electron chi connectivity index (χ0n) is 47.2. The first-order chi connectivity index (χ1) is 38.6. The molecular weight excluding hydrogens is 1090 g/mol. The quantitative estimate of drug-likeness (QED) is 0.0380. The SMILES string of the molecule is CC[C@H](C)[C@H](NC(=O)[C@@H]1CCCN1C(=O)[C@H](CC(=O)O)NC(=O)[C@@H](NC(=O)[C@H](CCC(=O)O)NC(=O)[C@@H](N)CCSC)C(C)C)C(=O)NCC(=O)N[C@@H](Cc1cnc[nH]1)C(=O)N[C@@H](CC(C)C)C(=O)N[C@@H](Cc1ccc(O)cc1)C(=O)O. The number of carboxylic acid groups (broad SMARTS) is 3. The van der Waals surface area contributed by atoms with Crippen LogP contribution in [0.3, 0.4) is 0 Å². The average Bonchev–Trinajstić information content (AvgIpc) is 4.15. The van der Waals surface area contributed by atoms with E-state index in [2.05, 4.69) is 52.5 Å². The number of phenolic OH excluding ortho intramolecular Hbond substituents is 1. The van der Waals surface area contributed by atoms with Gasteiger partial charge in [-0.2, -0.15) is 11.8 Å². The minimum absolute atomic E-state index is 0.0379. The van der Waals surface area contributed by atoms with Crippen molar-refractivity contribution in [3.63, 3.8) is 0 Å². The number of aliphatic carboxylic acids is 3. The number of aromatic nitrogens is 2. The largest absolute Gasteiger partial charge is 0.508 e. The molecule has 3 rings (SSSR count). The number of nitrogens with two attached hydrogens (primary N) is 1. The Bertz CT molecular complexity index is 2530. The number of aromatic hydroxyl groups is 1. The second-order valence-corrected chi connectivity index (χ2v) is 21.9. The van der Waals surface area contributed by atoms with Crippen molar-refractivity contribution in [3.8, 4) is 5.75 Å². The molecule has 0 spiro atoms. The number of hydrogen-bond acceptors (Lipinski definition) is 16. The Hall–Kier alpha value is -7.82. The Morgan fingerprint density at radius 1 is 0.720 bits per heavy atom. The van der Waals surface area contributed by atoms with E-state index in [0.717, 1.165) is 4.90 Å². The molecule has 2 heterocycles. The van der Waals surface area contributed by atoms with Gasteiger partial charge in [-0.05, 0) is 79.6 Å². The highest BCUT2D eigenvalue weighted by Crippen LogP contribution is 2.21. The molecule has 0 aliphatic carbocycles. The number of amides is 9. The summed E-state index contributed by atoms with van der Waals surface area (Å²) in [5.74, 6) is -12.9. The first-order valence-electron chi connectivity index (χ1n) is 27.0. The lowest BCUT2D eigenvalue weighted by Crippen LogP contribution is -2.61. The molecule has 9 amide bonds. The van der Waals surface area contributed by atoms with Crippen molar-refractivity contribution >= 4 is 82.8 Å². The van der Waals surface area contributed by atoms with E-state index in [1.54, 1.807) is 34.0 Å². The Kier molecular flexibility index (Phi) is 28.2. The second-order valence-electron chi connectivity index (χ2n) is 20.9. The zero-order valence-corrected chi connectivity index (χ0v) is 48.0. The summed E-state index contributed by atoms with van der Waals surface area (Å²) in [7, 11) is 0. The molecule has 454 valence electrons. The van der Waals surface area contributed by atoms with Crippen LogP contribution in [0, 0.1) is 17.8 Å². The van der Waals surface area contributed by atoms with Gasteiger partial charge in [0, 0.05) is 37.7 Å². The van der Waals surface area contributed by atoms with Crippen LogP contribution in [-0.2, 0) is 70.4 Å². The summed E-state index contributed by atoms with van der Waals surface area (Å²) in [6.45, 7) is 9.25. The van der Waals surface area contributed by atoms with Gasteiger partial charge in [0.15, 0.2) is 0 Å². The van der Waals surface area contributed by atoms with Crippen LogP contribution < -0.4 is 48.3 Å². The number of imidazole rings is 1. The number of nitrogens with zero attached hydrogens (tertiary/aromatic N) is 2. The van der Waals surface area contributed by atoms with Crippen LogP contribution >= 0.6 is 11.8 Å². The van der Waals surface area contributed by atoms with Crippen molar-refractivity contribution in [1.82, 2.24) is 57.4 Å². The van der Waals surface area contributed by atoms with Crippen LogP contribution in [0.2, 0.25) is 0 Å². The topological polar surface area (TPSA) is 440 Å². The monoisotopic (exact) mass is 1170 g/mol. The van der Waals surface area contributed by atoms with E-state index in [0.29, 0.717) is 23.4 Å². The summed E-state index contributed by atoms with van der Waals surface area (Å²) >= 11 is 1.43. The van der Waals surface area contributed by atoms with Gasteiger partial charge < -0.3 is 78.6 Å². The van der Waals surface area contributed by atoms with E-state index < -0.39 is 157 Å². The highest BCUT2D eigenvalue weighted by Gasteiger charge is 2.42. The van der Waals surface area contributed by atoms with E-state index in [9.17, 15) is 78.0 Å². The third kappa shape index (κ3) is 22.6. The number of rotatable bonds is 35. The van der Waals surface area contributed by atoms with Gasteiger partial charge in [0.2, 0.25) is 53.2 Å². The summed E-state index contributed by atoms with van der Waals surface area (Å²) in [6, 6.07) is -6.55. The van der Waals surface area contributed by atoms with Gasteiger partial charge in [-0.25, -0.2) is 9.78 Å². The van der Waals surface area contributed by atoms with Gasteiger partial charge in [-0.15, -0.1) is 0 Å². The number of aromatic amines is 1. The fraction of sp³-hybridized carbons (Fsp3) is 0.604. The maximum atomic E-state index is 14.2. The molecular formula is C53H80N12O16S. The van der Waals surface area contributed by atoms with Gasteiger partial charge in [-0.1, -0.05) is 60.1 Å². The van der Waals surface area contributed by atoms with Crippen molar-refractivity contribution in [2.75, 3.05) is 25.1 Å². The number of hydrogen-bond donors (Lipinski definition) is 14. The van der Waals surface area contributed by atoms with Crippen molar-refractivity contribution in [2.24, 2.45) is 23.5 Å². The molecule has 29 heteroatoms. The van der Waals surface area contributed by atoms with Crippen LogP contribution in [0.1, 0.15) is 104 Å². The fourth-order valence-electron chi connectivity index (χ4n) is 8.73. The molecule has 1 aliphatic heterocycles. The van der Waals surface area contributed by atoms with Crippen molar-refractivity contribution < 1.29 is 78.0 Å². The summed E-state index contributed by atoms with van der Waals surface area (Å²) in [6.07, 6.45) is 3.36. The second kappa shape index (κ2) is 33.8. The van der Waals surface area contributed by atoms with Gasteiger partial charge in [0.05, 0.1) is 25.3 Å². The highest BCUT2D eigenvalue weighted by molar-refractivity contribution is 7.98. The van der Waals surface area contributed by atoms with E-state index in [-0.39, 0.29) is 63.2 Å². The van der Waals surface area contributed by atoms with E-state index >= 15 is 0 Å². The molecule has 10 atom stereocenters. The smallest absolute Gasteiger partial charge is 0.326 e. The average molecular weight is 1170 g/mol. The van der Waals surface area contributed by atoms with Crippen LogP contribution in [0.25, 0.3) is 0 Å². The van der Waals surface area contributed by atoms with E-state index in [1.807, 2.05) is 0 Å². The molecule has 28 nitrogen and oxygen atoms in total. The van der Waals surface area contributed by atoms with Crippen LogP contribution in [-0.4, -0.2) is 186 Å². The van der Waals surface area contributed by atoms with Crippen molar-refractivity contribution in [2.45, 2.75) is 160 Å². The Morgan fingerprint density at radius 3 is 1.91 bits per heavy atom. The number of likely N-dealkylation sites (tertiary alicyclic amines) is 1. The van der Waals surface area contributed by atoms with Gasteiger partial charge in [0.25, 0.3) is 0 Å². The lowest BCUT2D eigenvalue weighted by Gasteiger charge is -2.31. The molecule has 0 saturated carbocycles. The summed E-state index contributed by atoms with van der Waals surface area (Å²) in [4.78, 5) is 167. The van der Waals surface area contributed by atoms with Crippen LogP contribution in [0.4, 0.5) is 0 Å². The number of carbonyl (C=O) groups excluding carboxylic acids is 9. The Balaban J connectivity index is 1.76. The lowest BCUT2D eigenvalue weighted by atomic mass is 9.97. The third-order valence-electron chi connectivity index (χ3n) is 13.5. The van der Waals surface area contributed by atoms with Crippen LogP contribution in [0.5, 0.6) is 5.75 Å². The minimum Gasteiger partial charge on any atom is -0.508 e. The first kappa shape index (κ1) is 68.5. The number of H-pyrrole nitrogens is 1. The van der Waals surface area contributed by atoms with Crippen molar-refractivity contribution in [1.29, 1.82) is 0 Å². The van der Waals surface area contributed by atoms with Crippen LogP contribution in [0.15, 0.2) is 36.8 Å². The molecule has 1 fully saturated rings. The molecule has 0 unspecified atom stereocenters. The van der Waals surface area contributed by atoms with Gasteiger partial charge in [-0.3, -0.25) is 52.7 Å². The molecule has 1 aliphatic rings. The lowest BCUT2D eigenvalue weighted by molar-refractivity contribution is -0.146. The number of carboxylic acids is 3. The Labute approximate surface area is 479 Å². The predicted octanol–water partition coefficient (Wildman–Crippen LogP) is -1.35. The zero-order chi connectivity index (χ0) is 61.4. The highest BCUT2D eigenvalue weighted by atomic mass is 32.2. The molecule has 1 aromatic carbocycles. The molecule has 15 N–H and O–H groups in total. The van der Waals surface area contributed by atoms with Gasteiger partial charge >= 0.3 is 17.9 Å². The molecule has 2 aromatic rings. The third-order valence-corrected chi connectivity index (χ3v) is 14.2. The number of nitrogens with one attached hydrogen (secondary N) is 9. The molecule has 1 aromatic heterocycles. The number of phenols is 1. The molecule has 82 heavy (non-hydrogen) atoms. The fourth-order valence-corrected chi connectivity index (χ4v) is 9.22. The maximum absolute atomic E-state index is 14.2. The maximum Gasteiger partial charge on any atom is 0.326 e. The number of carbonyl (C=O) groups is 12. The summed E-state index contributed by atoms with van der Waals surface area (Å²) in [5, 5.41) is 58.9. The molecule has 0 bridgehead atoms. The minimum atomic E-state index is -1.77. The molecule has 0 radical (unpaired) electrons. The first-order valence-corrected chi connectivity index (χ1v) is 28.4. The summed E-state index contributed by atoms with van der Waals surface area (Å²) < 4.78 is 0. The standard InChI is InChI=1S/C53H80N12O16S/c1-8-29(6)44(50(77)56-25-40(67)58-36(22-31-24-55-26-57-31)48(75)60-35(20-27(2)3)47(74)62-38(53(80)81)21-30-11-13-32(66)14-12-30)64-49(76)39-10-9-18-65(39)52(79)37(23-42(70)71)61-51(78)43(28(4)5)63-46(73)34(15-16-41(68)69)59-45(72)33(54)17-19-82-7/h11-14,24,26-29,33-39,43-44,66H,8-10,15-23,25,54H2,1-7H3,(H,55,57)(H,56,77)(H,58,67)(H,59,72)(H,60,75)(H,61,78)(H,62,74)(H,63,73)(H,64,76)(H,68,69)(H,70,71)(H,80,81)/t29-,33-,34-,35-,36-,37-,38-,39-,43-,44-/m0/s1. The van der Waals surface area contributed by atoms with E-state index in [1.165, 1.54) is 62.4 Å². The predicted molar refractivity (Wildman–Crippen MR) is 297 cm³/mol. The summed E-state index contributed by atoms with van der Waals surface area (Å²) in [5.41, 5.74) is 6.87. The van der Waals surface area contributed by atoms with Crippen molar-refractivity contribution in [3.05, 3.63) is 48.0 Å². The van der Waals surface area contributed by atoms with E-state index in [4.69, 9.17) is 5.73 Å². The normalized spacial score (nSPS) is 16.4. The number of benzene rings is 1. The number of thioether (sulfide) groups is 1. The Morgan fingerprint density at radius 2 is 1.34 bits per heavy atom.